The number of benzene rings is 1. The summed E-state index contributed by atoms with van der Waals surface area (Å²) in [7, 11) is 0. The van der Waals surface area contributed by atoms with Crippen LogP contribution in [0.15, 0.2) is 27.8 Å². The molecule has 1 aromatic carbocycles. The average Bonchev–Trinajstić information content (AvgIpc) is 2.77. The van der Waals surface area contributed by atoms with Crippen molar-refractivity contribution in [3.63, 3.8) is 0 Å². The highest BCUT2D eigenvalue weighted by Crippen LogP contribution is 2.26. The van der Waals surface area contributed by atoms with Crippen molar-refractivity contribution in [2.45, 2.75) is 38.5 Å². The van der Waals surface area contributed by atoms with E-state index >= 15 is 0 Å². The van der Waals surface area contributed by atoms with Crippen molar-refractivity contribution in [1.82, 2.24) is 0 Å². The SMILES string of the molecule is N/C(=N/O)c1cc(Br)ccc1NC(=O)C1CCCCCC1. The molecule has 0 radical (unpaired) electrons. The monoisotopic (exact) mass is 353 g/mol. The number of nitrogens with zero attached hydrogens (tertiary/aromatic N) is 1. The Balaban J connectivity index is 2.16. The number of carbonyl (C=O) groups excluding carboxylic acids is 1. The number of carbonyl (C=O) groups is 1. The zero-order valence-electron chi connectivity index (χ0n) is 11.8. The van der Waals surface area contributed by atoms with E-state index < -0.39 is 0 Å². The molecule has 1 fully saturated rings. The molecule has 1 aromatic rings. The number of amidine groups is 1. The first kappa shape index (κ1) is 15.8. The summed E-state index contributed by atoms with van der Waals surface area (Å²) in [4.78, 5) is 12.4. The Kier molecular flexibility index (Phi) is 5.61. The van der Waals surface area contributed by atoms with Crippen molar-refractivity contribution < 1.29 is 10.0 Å². The zero-order chi connectivity index (χ0) is 15.2. The minimum Gasteiger partial charge on any atom is -0.409 e. The molecular formula is C15H20BrN3O2. The van der Waals surface area contributed by atoms with Gasteiger partial charge in [0, 0.05) is 16.0 Å². The maximum atomic E-state index is 12.4. The predicted molar refractivity (Wildman–Crippen MR) is 86.5 cm³/mol. The topological polar surface area (TPSA) is 87.7 Å². The number of amides is 1. The van der Waals surface area contributed by atoms with Crippen LogP contribution in [0.1, 0.15) is 44.1 Å². The molecule has 1 aliphatic rings. The summed E-state index contributed by atoms with van der Waals surface area (Å²) in [6, 6.07) is 5.29. The summed E-state index contributed by atoms with van der Waals surface area (Å²) in [6.45, 7) is 0. The first-order valence-electron chi connectivity index (χ1n) is 7.20. The Morgan fingerprint density at radius 1 is 1.29 bits per heavy atom. The van der Waals surface area contributed by atoms with E-state index in [1.54, 1.807) is 12.1 Å². The van der Waals surface area contributed by atoms with Gasteiger partial charge < -0.3 is 16.3 Å². The van der Waals surface area contributed by atoms with Gasteiger partial charge in [0.15, 0.2) is 5.84 Å². The second-order valence-corrected chi connectivity index (χ2v) is 6.27. The highest BCUT2D eigenvalue weighted by atomic mass is 79.9. The van der Waals surface area contributed by atoms with Crippen LogP contribution in [0.2, 0.25) is 0 Å². The molecule has 1 saturated carbocycles. The molecule has 1 aliphatic carbocycles. The molecule has 114 valence electrons. The van der Waals surface area contributed by atoms with Crippen LogP contribution in [0.25, 0.3) is 0 Å². The van der Waals surface area contributed by atoms with Gasteiger partial charge in [0.2, 0.25) is 5.91 Å². The van der Waals surface area contributed by atoms with Crippen molar-refractivity contribution in [2.75, 3.05) is 5.32 Å². The van der Waals surface area contributed by atoms with Crippen molar-refractivity contribution in [1.29, 1.82) is 0 Å². The molecule has 6 heteroatoms. The van der Waals surface area contributed by atoms with Crippen molar-refractivity contribution in [3.05, 3.63) is 28.2 Å². The third-order valence-corrected chi connectivity index (χ3v) is 4.34. The van der Waals surface area contributed by atoms with Crippen molar-refractivity contribution >= 4 is 33.4 Å². The highest BCUT2D eigenvalue weighted by molar-refractivity contribution is 9.10. The summed E-state index contributed by atoms with van der Waals surface area (Å²) in [5, 5.41) is 14.8. The third-order valence-electron chi connectivity index (χ3n) is 3.85. The fraction of sp³-hybridized carbons (Fsp3) is 0.467. The summed E-state index contributed by atoms with van der Waals surface area (Å²) in [6.07, 6.45) is 6.48. The fourth-order valence-electron chi connectivity index (χ4n) is 2.67. The van der Waals surface area contributed by atoms with Crippen molar-refractivity contribution in [3.8, 4) is 0 Å². The van der Waals surface area contributed by atoms with Gasteiger partial charge in [-0.2, -0.15) is 0 Å². The van der Waals surface area contributed by atoms with Crippen LogP contribution in [0.3, 0.4) is 0 Å². The molecule has 2 rings (SSSR count). The maximum absolute atomic E-state index is 12.4. The molecule has 1 amide bonds. The number of nitrogens with one attached hydrogen (secondary N) is 1. The number of oxime groups is 1. The molecule has 0 heterocycles. The summed E-state index contributed by atoms with van der Waals surface area (Å²) in [5.41, 5.74) is 6.75. The van der Waals surface area contributed by atoms with E-state index in [-0.39, 0.29) is 17.7 Å². The smallest absolute Gasteiger partial charge is 0.227 e. The lowest BCUT2D eigenvalue weighted by atomic mass is 9.99. The van der Waals surface area contributed by atoms with Gasteiger partial charge in [-0.15, -0.1) is 0 Å². The molecule has 5 nitrogen and oxygen atoms in total. The minimum atomic E-state index is -0.0209. The number of hydrogen-bond donors (Lipinski definition) is 3. The number of anilines is 1. The molecule has 21 heavy (non-hydrogen) atoms. The Labute approximate surface area is 132 Å². The van der Waals surface area contributed by atoms with E-state index in [0.29, 0.717) is 11.3 Å². The molecule has 0 aromatic heterocycles. The summed E-state index contributed by atoms with van der Waals surface area (Å²) < 4.78 is 0.802. The second kappa shape index (κ2) is 7.45. The van der Waals surface area contributed by atoms with Gasteiger partial charge in [-0.25, -0.2) is 0 Å². The van der Waals surface area contributed by atoms with Gasteiger partial charge in [-0.05, 0) is 31.0 Å². The zero-order valence-corrected chi connectivity index (χ0v) is 13.4. The van der Waals surface area contributed by atoms with Crippen LogP contribution >= 0.6 is 15.9 Å². The lowest BCUT2D eigenvalue weighted by Gasteiger charge is -2.16. The van der Waals surface area contributed by atoms with Gasteiger partial charge in [0.05, 0.1) is 5.69 Å². The molecule has 0 spiro atoms. The van der Waals surface area contributed by atoms with Gasteiger partial charge in [0.25, 0.3) is 0 Å². The third kappa shape index (κ3) is 4.20. The Hall–Kier alpha value is -1.56. The summed E-state index contributed by atoms with van der Waals surface area (Å²) >= 11 is 3.34. The van der Waals surface area contributed by atoms with Crippen LogP contribution in [-0.2, 0) is 4.79 Å². The Bertz CT molecular complexity index is 538. The van der Waals surface area contributed by atoms with E-state index in [4.69, 9.17) is 10.9 Å². The Morgan fingerprint density at radius 2 is 1.95 bits per heavy atom. The lowest BCUT2D eigenvalue weighted by Crippen LogP contribution is -2.24. The van der Waals surface area contributed by atoms with E-state index in [1.807, 2.05) is 6.07 Å². The van der Waals surface area contributed by atoms with Crippen LogP contribution in [0.5, 0.6) is 0 Å². The minimum absolute atomic E-state index is 0.0196. The average molecular weight is 354 g/mol. The number of halogens is 1. The van der Waals surface area contributed by atoms with E-state index in [1.165, 1.54) is 12.8 Å². The molecule has 4 N–H and O–H groups in total. The van der Waals surface area contributed by atoms with Crippen molar-refractivity contribution in [2.24, 2.45) is 16.8 Å². The van der Waals surface area contributed by atoms with Gasteiger partial charge in [0.1, 0.15) is 0 Å². The molecular weight excluding hydrogens is 334 g/mol. The second-order valence-electron chi connectivity index (χ2n) is 5.35. The van der Waals surface area contributed by atoms with Crippen LogP contribution in [-0.4, -0.2) is 17.0 Å². The predicted octanol–water partition coefficient (Wildman–Crippen LogP) is 3.45. The van der Waals surface area contributed by atoms with Crippen LogP contribution in [0, 0.1) is 5.92 Å². The standard InChI is InChI=1S/C15H20BrN3O2/c16-11-7-8-13(12(9-11)14(17)19-21)18-15(20)10-5-3-1-2-4-6-10/h7-10,21H,1-6H2,(H2,17,19)(H,18,20). The van der Waals surface area contributed by atoms with Gasteiger partial charge in [-0.1, -0.05) is 46.8 Å². The van der Waals surface area contributed by atoms with Crippen LogP contribution < -0.4 is 11.1 Å². The van der Waals surface area contributed by atoms with E-state index in [2.05, 4.69) is 26.4 Å². The fourth-order valence-corrected chi connectivity index (χ4v) is 3.03. The maximum Gasteiger partial charge on any atom is 0.227 e. The number of hydrogen-bond acceptors (Lipinski definition) is 3. The lowest BCUT2D eigenvalue weighted by molar-refractivity contribution is -0.120. The first-order chi connectivity index (χ1) is 10.1. The summed E-state index contributed by atoms with van der Waals surface area (Å²) in [5.74, 6) is 0.0509. The first-order valence-corrected chi connectivity index (χ1v) is 7.99. The van der Waals surface area contributed by atoms with Gasteiger partial charge in [-0.3, -0.25) is 4.79 Å². The number of nitrogens with two attached hydrogens (primary N) is 1. The quantitative estimate of drug-likeness (QED) is 0.255. The van der Waals surface area contributed by atoms with Crippen LogP contribution in [0.4, 0.5) is 5.69 Å². The highest BCUT2D eigenvalue weighted by Gasteiger charge is 2.21. The molecule has 0 unspecified atom stereocenters. The number of rotatable bonds is 3. The normalized spacial score (nSPS) is 17.3. The molecule has 0 aliphatic heterocycles. The largest absolute Gasteiger partial charge is 0.409 e. The Morgan fingerprint density at radius 3 is 2.57 bits per heavy atom. The molecule has 0 bridgehead atoms. The molecule has 0 atom stereocenters. The van der Waals surface area contributed by atoms with E-state index in [9.17, 15) is 4.79 Å². The molecule has 0 saturated heterocycles. The van der Waals surface area contributed by atoms with E-state index in [0.717, 1.165) is 30.2 Å². The van der Waals surface area contributed by atoms with Gasteiger partial charge >= 0.3 is 0 Å².